The van der Waals surface area contributed by atoms with Crippen molar-refractivity contribution in [2.45, 2.75) is 56.9 Å². The normalized spacial score (nSPS) is 34.6. The van der Waals surface area contributed by atoms with Gasteiger partial charge < -0.3 is 29.5 Å². The van der Waals surface area contributed by atoms with Crippen molar-refractivity contribution in [1.29, 1.82) is 0 Å². The average Bonchev–Trinajstić information content (AvgIpc) is 2.58. The van der Waals surface area contributed by atoms with Gasteiger partial charge in [0, 0.05) is 0 Å². The Kier molecular flexibility index (Phi) is 4.29. The smallest absolute Gasteiger partial charge is 0.337 e. The lowest BCUT2D eigenvalue weighted by Gasteiger charge is -2.43. The van der Waals surface area contributed by atoms with Crippen LogP contribution in [0.1, 0.15) is 27.7 Å². The number of carbonyl (C=O) groups is 1. The molecule has 0 aromatic heterocycles. The molecule has 1 aliphatic heterocycles. The van der Waals surface area contributed by atoms with Gasteiger partial charge in [-0.3, -0.25) is 0 Å². The maximum Gasteiger partial charge on any atom is 0.337 e. The number of hydrogen-bond acceptors (Lipinski definition) is 7. The van der Waals surface area contributed by atoms with Crippen molar-refractivity contribution in [3.8, 4) is 0 Å². The lowest BCUT2D eigenvalue weighted by molar-refractivity contribution is -0.233. The maximum absolute atomic E-state index is 11.4. The van der Waals surface area contributed by atoms with E-state index in [1.165, 1.54) is 13.8 Å². The molecule has 1 heterocycles. The minimum atomic E-state index is -2.00. The molecule has 7 heteroatoms. The molecule has 0 bridgehead atoms. The zero-order valence-corrected chi connectivity index (χ0v) is 11.8. The molecule has 1 rings (SSSR count). The maximum atomic E-state index is 11.4. The summed E-state index contributed by atoms with van der Waals surface area (Å²) in [4.78, 5) is 11.4. The molecule has 19 heavy (non-hydrogen) atoms. The van der Waals surface area contributed by atoms with Crippen LogP contribution in [0.5, 0.6) is 0 Å². The summed E-state index contributed by atoms with van der Waals surface area (Å²) in [5.74, 6) is -2.04. The molecule has 4 atom stereocenters. The number of rotatable bonds is 4. The molecule has 3 N–H and O–H groups in total. The fraction of sp³-hybridized carbons (Fsp3) is 0.917. The van der Waals surface area contributed by atoms with Crippen LogP contribution in [-0.4, -0.2) is 64.2 Å². The van der Waals surface area contributed by atoms with E-state index in [1.807, 2.05) is 0 Å². The van der Waals surface area contributed by atoms with Crippen molar-refractivity contribution in [1.82, 2.24) is 0 Å². The summed E-state index contributed by atoms with van der Waals surface area (Å²) >= 11 is 0. The highest BCUT2D eigenvalue weighted by atomic mass is 16.8. The quantitative estimate of drug-likeness (QED) is 0.577. The van der Waals surface area contributed by atoms with Gasteiger partial charge in [-0.15, -0.1) is 0 Å². The SMILES string of the molecule is COC(=O)[C@@H](O)[C@@](C)(O)[C@]1(C)OC(C)(C)O[C@@H]1CO. The Morgan fingerprint density at radius 1 is 1.47 bits per heavy atom. The second-order valence-electron chi connectivity index (χ2n) is 5.47. The summed E-state index contributed by atoms with van der Waals surface area (Å²) in [6, 6.07) is 0. The van der Waals surface area contributed by atoms with Crippen LogP contribution in [0, 0.1) is 0 Å². The van der Waals surface area contributed by atoms with E-state index in [4.69, 9.17) is 9.47 Å². The van der Waals surface area contributed by atoms with Gasteiger partial charge in [-0.1, -0.05) is 0 Å². The predicted molar refractivity (Wildman–Crippen MR) is 64.2 cm³/mol. The first-order chi connectivity index (χ1) is 8.52. The molecule has 1 aliphatic rings. The molecule has 0 aromatic carbocycles. The zero-order chi connectivity index (χ0) is 15.1. The first-order valence-corrected chi connectivity index (χ1v) is 5.99. The molecule has 0 aliphatic carbocycles. The van der Waals surface area contributed by atoms with E-state index in [2.05, 4.69) is 4.74 Å². The third-order valence-electron chi connectivity index (χ3n) is 3.63. The van der Waals surface area contributed by atoms with Gasteiger partial charge in [-0.2, -0.15) is 0 Å². The van der Waals surface area contributed by atoms with E-state index in [1.54, 1.807) is 13.8 Å². The molecule has 0 spiro atoms. The Hall–Kier alpha value is -0.730. The van der Waals surface area contributed by atoms with Crippen LogP contribution in [0.2, 0.25) is 0 Å². The summed E-state index contributed by atoms with van der Waals surface area (Å²) in [5, 5.41) is 29.8. The largest absolute Gasteiger partial charge is 0.467 e. The number of aliphatic hydroxyl groups is 3. The molecule has 7 nitrogen and oxygen atoms in total. The predicted octanol–water partition coefficient (Wildman–Crippen LogP) is -0.826. The van der Waals surface area contributed by atoms with Crippen LogP contribution in [0.15, 0.2) is 0 Å². The van der Waals surface area contributed by atoms with Crippen LogP contribution in [-0.2, 0) is 19.0 Å². The van der Waals surface area contributed by atoms with Crippen LogP contribution < -0.4 is 0 Å². The molecule has 0 amide bonds. The van der Waals surface area contributed by atoms with Gasteiger partial charge in [0.25, 0.3) is 0 Å². The number of carbonyl (C=O) groups excluding carboxylic acids is 1. The van der Waals surface area contributed by atoms with Crippen molar-refractivity contribution in [2.75, 3.05) is 13.7 Å². The molecular weight excluding hydrogens is 256 g/mol. The van der Waals surface area contributed by atoms with Crippen molar-refractivity contribution in [3.63, 3.8) is 0 Å². The molecule has 0 aromatic rings. The van der Waals surface area contributed by atoms with Crippen LogP contribution in [0.4, 0.5) is 0 Å². The minimum Gasteiger partial charge on any atom is -0.467 e. The van der Waals surface area contributed by atoms with E-state index in [9.17, 15) is 20.1 Å². The molecular formula is C12H22O7. The van der Waals surface area contributed by atoms with Crippen molar-refractivity contribution in [3.05, 3.63) is 0 Å². The van der Waals surface area contributed by atoms with E-state index >= 15 is 0 Å². The first-order valence-electron chi connectivity index (χ1n) is 5.99. The molecule has 0 unspecified atom stereocenters. The first kappa shape index (κ1) is 16.3. The standard InChI is InChI=1S/C12H22O7/c1-10(2)18-7(6-13)12(4,19-10)11(3,16)8(14)9(15)17-5/h7-8,13-14,16H,6H2,1-5H3/t7-,8-,11-,12-/m1/s1. The summed E-state index contributed by atoms with van der Waals surface area (Å²) in [6.45, 7) is 5.50. The van der Waals surface area contributed by atoms with Gasteiger partial charge in [0.05, 0.1) is 13.7 Å². The van der Waals surface area contributed by atoms with Gasteiger partial charge >= 0.3 is 5.97 Å². The highest BCUT2D eigenvalue weighted by Crippen LogP contribution is 2.44. The molecule has 112 valence electrons. The van der Waals surface area contributed by atoms with Crippen LogP contribution >= 0.6 is 0 Å². The van der Waals surface area contributed by atoms with Gasteiger partial charge in [0.15, 0.2) is 11.9 Å². The molecule has 0 saturated carbocycles. The van der Waals surface area contributed by atoms with Gasteiger partial charge in [-0.05, 0) is 27.7 Å². The highest BCUT2D eigenvalue weighted by molar-refractivity contribution is 5.76. The summed E-state index contributed by atoms with van der Waals surface area (Å²) in [5.41, 5.74) is -3.47. The Balaban J connectivity index is 3.13. The van der Waals surface area contributed by atoms with Gasteiger partial charge in [-0.25, -0.2) is 4.79 Å². The Labute approximate surface area is 112 Å². The lowest BCUT2D eigenvalue weighted by atomic mass is 9.77. The molecule has 0 radical (unpaired) electrons. The Morgan fingerprint density at radius 2 is 2.00 bits per heavy atom. The second-order valence-corrected chi connectivity index (χ2v) is 5.47. The minimum absolute atomic E-state index is 0.427. The molecule has 1 saturated heterocycles. The van der Waals surface area contributed by atoms with Gasteiger partial charge in [0.2, 0.25) is 0 Å². The van der Waals surface area contributed by atoms with Crippen molar-refractivity contribution in [2.24, 2.45) is 0 Å². The summed E-state index contributed by atoms with van der Waals surface area (Å²) in [6.07, 6.45) is -2.72. The lowest BCUT2D eigenvalue weighted by Crippen LogP contribution is -2.65. The van der Waals surface area contributed by atoms with Crippen LogP contribution in [0.3, 0.4) is 0 Å². The number of methoxy groups -OCH3 is 1. The van der Waals surface area contributed by atoms with E-state index < -0.39 is 41.8 Å². The number of ether oxygens (including phenoxy) is 3. The third kappa shape index (κ3) is 2.61. The van der Waals surface area contributed by atoms with E-state index in [0.717, 1.165) is 7.11 Å². The highest BCUT2D eigenvalue weighted by Gasteiger charge is 2.63. The van der Waals surface area contributed by atoms with Crippen molar-refractivity contribution >= 4 is 5.97 Å². The van der Waals surface area contributed by atoms with Crippen molar-refractivity contribution < 1.29 is 34.3 Å². The Bertz CT molecular complexity index is 352. The van der Waals surface area contributed by atoms with Crippen LogP contribution in [0.25, 0.3) is 0 Å². The average molecular weight is 278 g/mol. The third-order valence-corrected chi connectivity index (χ3v) is 3.63. The number of aliphatic hydroxyl groups excluding tert-OH is 2. The second kappa shape index (κ2) is 4.99. The van der Waals surface area contributed by atoms with Gasteiger partial charge in [0.1, 0.15) is 17.3 Å². The monoisotopic (exact) mass is 278 g/mol. The summed E-state index contributed by atoms with van der Waals surface area (Å²) < 4.78 is 15.5. The summed E-state index contributed by atoms with van der Waals surface area (Å²) in [7, 11) is 1.10. The topological polar surface area (TPSA) is 105 Å². The Morgan fingerprint density at radius 3 is 2.42 bits per heavy atom. The molecule has 1 fully saturated rings. The van der Waals surface area contributed by atoms with E-state index in [-0.39, 0.29) is 0 Å². The fourth-order valence-electron chi connectivity index (χ4n) is 2.31. The fourth-order valence-corrected chi connectivity index (χ4v) is 2.31. The zero-order valence-electron chi connectivity index (χ0n) is 11.8. The number of esters is 1. The number of hydrogen-bond donors (Lipinski definition) is 3. The van der Waals surface area contributed by atoms with E-state index in [0.29, 0.717) is 0 Å².